The number of halogens is 3. The molecule has 0 spiro atoms. The molecular weight excluding hydrogens is 667 g/mol. The van der Waals surface area contributed by atoms with Crippen LogP contribution >= 0.6 is 27.5 Å². The number of benzene rings is 4. The Balaban J connectivity index is 1.33. The molecule has 0 bridgehead atoms. The maximum Gasteiger partial charge on any atom is 0.282 e. The summed E-state index contributed by atoms with van der Waals surface area (Å²) in [5, 5.41) is 8.27. The molecule has 0 radical (unpaired) electrons. The monoisotopic (exact) mass is 688 g/mol. The van der Waals surface area contributed by atoms with Crippen molar-refractivity contribution in [2.45, 2.75) is 6.92 Å². The van der Waals surface area contributed by atoms with E-state index in [2.05, 4.69) is 26.3 Å². The second-order valence-electron chi connectivity index (χ2n) is 9.69. The number of ether oxygens (including phenoxy) is 2. The number of fused-ring (bicyclic) bond motifs is 2. The van der Waals surface area contributed by atoms with Gasteiger partial charge in [0, 0.05) is 9.86 Å². The standard InChI is InChI=1S/C33H23BrClFN4O5/c1-2-43-28-14-19(13-23(35)31(28)44-18-30(41)38-26-10-6-4-8-24(26)36)17-37-40-32(39-25-9-5-3-7-22(25)33(40)42)29-16-20-15-21(34)11-12-27(20)45-29/h3-17H,2,18H2,1H3,(H,38,41). The molecule has 0 aliphatic heterocycles. The maximum absolute atomic E-state index is 13.9. The Hall–Kier alpha value is -5.00. The fraction of sp³-hybridized carbons (Fsp3) is 0.0909. The molecule has 1 N–H and O–H groups in total. The molecule has 2 aromatic heterocycles. The zero-order valence-electron chi connectivity index (χ0n) is 23.6. The average Bonchev–Trinajstić information content (AvgIpc) is 3.44. The minimum absolute atomic E-state index is 0.0297. The molecule has 0 aliphatic rings. The molecule has 45 heavy (non-hydrogen) atoms. The number of carbonyl (C=O) groups excluding carboxylic acids is 1. The zero-order chi connectivity index (χ0) is 31.5. The molecular formula is C33H23BrClFN4O5. The normalized spacial score (nSPS) is 11.4. The number of para-hydroxylation sites is 2. The minimum Gasteiger partial charge on any atom is -0.490 e. The third kappa shape index (κ3) is 6.45. The number of amides is 1. The first-order chi connectivity index (χ1) is 21.8. The van der Waals surface area contributed by atoms with Crippen molar-refractivity contribution in [2.75, 3.05) is 18.5 Å². The highest BCUT2D eigenvalue weighted by atomic mass is 79.9. The van der Waals surface area contributed by atoms with Crippen LogP contribution in [0, 0.1) is 5.82 Å². The third-order valence-electron chi connectivity index (χ3n) is 6.60. The molecule has 0 unspecified atom stereocenters. The lowest BCUT2D eigenvalue weighted by molar-refractivity contribution is -0.118. The van der Waals surface area contributed by atoms with E-state index in [1.54, 1.807) is 55.5 Å². The van der Waals surface area contributed by atoms with Gasteiger partial charge in [0.05, 0.1) is 34.4 Å². The van der Waals surface area contributed by atoms with Crippen LogP contribution in [0.1, 0.15) is 12.5 Å². The Bertz CT molecular complexity index is 2160. The molecule has 6 aromatic rings. The second kappa shape index (κ2) is 12.9. The molecule has 0 fully saturated rings. The summed E-state index contributed by atoms with van der Waals surface area (Å²) in [7, 11) is 0. The van der Waals surface area contributed by atoms with Crippen LogP contribution in [0.3, 0.4) is 0 Å². The Morgan fingerprint density at radius 1 is 1.09 bits per heavy atom. The Morgan fingerprint density at radius 3 is 2.71 bits per heavy atom. The van der Waals surface area contributed by atoms with Crippen molar-refractivity contribution >= 4 is 67.2 Å². The topological polar surface area (TPSA) is 108 Å². The van der Waals surface area contributed by atoms with E-state index in [0.29, 0.717) is 27.8 Å². The van der Waals surface area contributed by atoms with Gasteiger partial charge < -0.3 is 19.2 Å². The van der Waals surface area contributed by atoms with Crippen LogP contribution in [-0.4, -0.2) is 35.0 Å². The Morgan fingerprint density at radius 2 is 1.89 bits per heavy atom. The smallest absolute Gasteiger partial charge is 0.282 e. The number of rotatable bonds is 9. The summed E-state index contributed by atoms with van der Waals surface area (Å²) in [5.74, 6) is -0.222. The van der Waals surface area contributed by atoms with Gasteiger partial charge in [0.15, 0.2) is 23.9 Å². The van der Waals surface area contributed by atoms with Gasteiger partial charge in [-0.1, -0.05) is 51.8 Å². The molecule has 12 heteroatoms. The quantitative estimate of drug-likeness (QED) is 0.156. The van der Waals surface area contributed by atoms with Crippen LogP contribution in [0.25, 0.3) is 33.5 Å². The second-order valence-corrected chi connectivity index (χ2v) is 11.0. The number of hydrogen-bond donors (Lipinski definition) is 1. The van der Waals surface area contributed by atoms with Crippen molar-refractivity contribution in [1.82, 2.24) is 9.66 Å². The number of nitrogens with zero attached hydrogens (tertiary/aromatic N) is 3. The van der Waals surface area contributed by atoms with Gasteiger partial charge in [-0.05, 0) is 73.2 Å². The summed E-state index contributed by atoms with van der Waals surface area (Å²) in [4.78, 5) is 30.8. The lowest BCUT2D eigenvalue weighted by atomic mass is 10.2. The average molecular weight is 690 g/mol. The van der Waals surface area contributed by atoms with Crippen LogP contribution in [-0.2, 0) is 4.79 Å². The van der Waals surface area contributed by atoms with Crippen LogP contribution in [0.2, 0.25) is 5.02 Å². The highest BCUT2D eigenvalue weighted by Crippen LogP contribution is 2.36. The van der Waals surface area contributed by atoms with Crippen LogP contribution in [0.4, 0.5) is 10.1 Å². The highest BCUT2D eigenvalue weighted by molar-refractivity contribution is 9.10. The van der Waals surface area contributed by atoms with Crippen molar-refractivity contribution < 1.29 is 23.1 Å². The van der Waals surface area contributed by atoms with Crippen molar-refractivity contribution in [3.63, 3.8) is 0 Å². The number of furan rings is 1. The fourth-order valence-corrected chi connectivity index (χ4v) is 5.24. The van der Waals surface area contributed by atoms with E-state index >= 15 is 0 Å². The summed E-state index contributed by atoms with van der Waals surface area (Å²) in [6.45, 7) is 1.61. The fourth-order valence-electron chi connectivity index (χ4n) is 4.59. The largest absolute Gasteiger partial charge is 0.490 e. The Labute approximate surface area is 269 Å². The summed E-state index contributed by atoms with van der Waals surface area (Å²) in [6.07, 6.45) is 1.43. The van der Waals surface area contributed by atoms with E-state index in [1.165, 1.54) is 29.1 Å². The van der Waals surface area contributed by atoms with Gasteiger partial charge >= 0.3 is 0 Å². The van der Waals surface area contributed by atoms with Crippen molar-refractivity contribution in [1.29, 1.82) is 0 Å². The van der Waals surface area contributed by atoms with E-state index in [9.17, 15) is 14.0 Å². The molecule has 0 aliphatic carbocycles. The predicted molar refractivity (Wildman–Crippen MR) is 175 cm³/mol. The number of carbonyl (C=O) groups is 1. The van der Waals surface area contributed by atoms with Gasteiger partial charge in [-0.3, -0.25) is 9.59 Å². The van der Waals surface area contributed by atoms with Gasteiger partial charge in [-0.25, -0.2) is 9.37 Å². The summed E-state index contributed by atoms with van der Waals surface area (Å²) < 4.78 is 33.4. The van der Waals surface area contributed by atoms with Gasteiger partial charge in [-0.2, -0.15) is 9.78 Å². The minimum atomic E-state index is -0.585. The number of hydrogen-bond acceptors (Lipinski definition) is 7. The van der Waals surface area contributed by atoms with Gasteiger partial charge in [0.2, 0.25) is 5.82 Å². The summed E-state index contributed by atoms with van der Waals surface area (Å²) >= 11 is 10.0. The molecule has 6 rings (SSSR count). The lowest BCUT2D eigenvalue weighted by Gasteiger charge is -2.14. The van der Waals surface area contributed by atoms with Gasteiger partial charge in [-0.15, -0.1) is 0 Å². The molecule has 0 atom stereocenters. The van der Waals surface area contributed by atoms with Crippen LogP contribution in [0.15, 0.2) is 104 Å². The first kappa shape index (κ1) is 30.0. The maximum atomic E-state index is 13.9. The first-order valence-electron chi connectivity index (χ1n) is 13.7. The number of nitrogens with one attached hydrogen (secondary N) is 1. The Kier molecular flexibility index (Phi) is 8.63. The van der Waals surface area contributed by atoms with Crippen LogP contribution < -0.4 is 20.3 Å². The molecule has 0 saturated carbocycles. The van der Waals surface area contributed by atoms with Gasteiger partial charge in [0.25, 0.3) is 11.5 Å². The molecule has 1 amide bonds. The van der Waals surface area contributed by atoms with E-state index in [0.717, 1.165) is 9.86 Å². The van der Waals surface area contributed by atoms with E-state index in [4.69, 9.17) is 30.5 Å². The zero-order valence-corrected chi connectivity index (χ0v) is 25.9. The molecule has 226 valence electrons. The van der Waals surface area contributed by atoms with Gasteiger partial charge in [0.1, 0.15) is 11.4 Å². The summed E-state index contributed by atoms with van der Waals surface area (Å²) in [6, 6.07) is 23.3. The molecule has 2 heterocycles. The number of anilines is 1. The lowest BCUT2D eigenvalue weighted by Crippen LogP contribution is -2.21. The predicted octanol–water partition coefficient (Wildman–Crippen LogP) is 7.66. The van der Waals surface area contributed by atoms with E-state index < -0.39 is 23.9 Å². The van der Waals surface area contributed by atoms with Crippen molar-refractivity contribution in [3.8, 4) is 23.1 Å². The molecule has 9 nitrogen and oxygen atoms in total. The first-order valence-corrected chi connectivity index (χ1v) is 14.9. The van der Waals surface area contributed by atoms with Crippen molar-refractivity contribution in [2.24, 2.45) is 5.10 Å². The van der Waals surface area contributed by atoms with E-state index in [1.807, 2.05) is 18.2 Å². The molecule has 4 aromatic carbocycles. The third-order valence-corrected chi connectivity index (χ3v) is 7.38. The van der Waals surface area contributed by atoms with E-state index in [-0.39, 0.29) is 34.6 Å². The SMILES string of the molecule is CCOc1cc(C=Nn2c(-c3cc4cc(Br)ccc4o3)nc3ccccc3c2=O)cc(Cl)c1OCC(=O)Nc1ccccc1F. The summed E-state index contributed by atoms with van der Waals surface area (Å²) in [5.41, 5.74) is 1.23. The van der Waals surface area contributed by atoms with Crippen LogP contribution in [0.5, 0.6) is 11.5 Å². The van der Waals surface area contributed by atoms with Crippen molar-refractivity contribution in [3.05, 3.63) is 116 Å². The molecule has 0 saturated heterocycles. The number of aromatic nitrogens is 2. The highest BCUT2D eigenvalue weighted by Gasteiger charge is 2.18.